The molecule has 15 heavy (non-hydrogen) atoms. The van der Waals surface area contributed by atoms with Crippen LogP contribution in [0.1, 0.15) is 11.1 Å². The van der Waals surface area contributed by atoms with Crippen molar-refractivity contribution in [2.24, 2.45) is 9.98 Å². The molecular weight excluding hydrogens is 184 g/mol. The summed E-state index contributed by atoms with van der Waals surface area (Å²) >= 11 is 0. The maximum absolute atomic E-state index is 4.35. The molecule has 0 saturated carbocycles. The average molecular weight is 192 g/mol. The van der Waals surface area contributed by atoms with Crippen molar-refractivity contribution in [1.29, 1.82) is 0 Å². The first-order valence-corrected chi connectivity index (χ1v) is 5.09. The lowest BCUT2D eigenvalue weighted by molar-refractivity contribution is 1.17. The van der Waals surface area contributed by atoms with Crippen LogP contribution < -0.4 is 10.6 Å². The van der Waals surface area contributed by atoms with Crippen LogP contribution in [0.3, 0.4) is 0 Å². The second-order valence-corrected chi connectivity index (χ2v) is 3.96. The summed E-state index contributed by atoms with van der Waals surface area (Å²) in [6, 6.07) is 2.13. The van der Waals surface area contributed by atoms with Crippen LogP contribution in [0.25, 0.3) is 11.6 Å². The van der Waals surface area contributed by atoms with Crippen molar-refractivity contribution in [2.45, 2.75) is 6.42 Å². The van der Waals surface area contributed by atoms with Gasteiger partial charge in [-0.2, -0.15) is 0 Å². The molecule has 0 aromatic heterocycles. The summed E-state index contributed by atoms with van der Waals surface area (Å²) < 4.78 is 0. The number of nitrogens with zero attached hydrogens (tertiary/aromatic N) is 2. The van der Waals surface area contributed by atoms with Crippen LogP contribution in [0.5, 0.6) is 0 Å². The molecule has 1 aromatic rings. The topological polar surface area (TPSA) is 24.7 Å². The Balaban J connectivity index is 2.26. The molecule has 1 aromatic carbocycles. The third-order valence-electron chi connectivity index (χ3n) is 3.15. The van der Waals surface area contributed by atoms with Crippen molar-refractivity contribution in [3.63, 3.8) is 0 Å². The van der Waals surface area contributed by atoms with Gasteiger partial charge in [-0.25, -0.2) is 9.98 Å². The van der Waals surface area contributed by atoms with Crippen LogP contribution in [0.4, 0.5) is 5.69 Å². The first-order valence-electron chi connectivity index (χ1n) is 5.09. The third-order valence-corrected chi connectivity index (χ3v) is 3.15. The SMILES string of the molecule is C1=CC2=CC=c3cc4c(c(c32)C1)=NC=N4. The average Bonchev–Trinajstić information content (AvgIpc) is 2.87. The Labute approximate surface area is 86.7 Å². The fourth-order valence-corrected chi connectivity index (χ4v) is 2.50. The summed E-state index contributed by atoms with van der Waals surface area (Å²) in [6.07, 6.45) is 11.4. The minimum absolute atomic E-state index is 0.976. The van der Waals surface area contributed by atoms with E-state index in [0.29, 0.717) is 0 Å². The smallest absolute Gasteiger partial charge is 0.116 e. The monoisotopic (exact) mass is 192 g/mol. The van der Waals surface area contributed by atoms with Gasteiger partial charge in [0.05, 0.1) is 11.0 Å². The fourth-order valence-electron chi connectivity index (χ4n) is 2.50. The zero-order valence-corrected chi connectivity index (χ0v) is 8.07. The van der Waals surface area contributed by atoms with Crippen LogP contribution in [0.15, 0.2) is 34.3 Å². The van der Waals surface area contributed by atoms with Crippen LogP contribution in [0.2, 0.25) is 0 Å². The van der Waals surface area contributed by atoms with E-state index < -0.39 is 0 Å². The molecule has 0 bridgehead atoms. The Kier molecular flexibility index (Phi) is 1.15. The first kappa shape index (κ1) is 7.35. The van der Waals surface area contributed by atoms with Gasteiger partial charge in [-0.15, -0.1) is 0 Å². The van der Waals surface area contributed by atoms with Crippen LogP contribution >= 0.6 is 0 Å². The van der Waals surface area contributed by atoms with E-state index in [2.05, 4.69) is 40.4 Å². The highest BCUT2D eigenvalue weighted by molar-refractivity contribution is 5.88. The largest absolute Gasteiger partial charge is 0.235 e. The Hall–Kier alpha value is -1.96. The molecule has 0 spiro atoms. The molecule has 0 fully saturated rings. The maximum Gasteiger partial charge on any atom is 0.116 e. The minimum Gasteiger partial charge on any atom is -0.235 e. The number of allylic oxidation sites excluding steroid dienone is 4. The van der Waals surface area contributed by atoms with E-state index in [1.165, 1.54) is 21.9 Å². The van der Waals surface area contributed by atoms with Gasteiger partial charge in [0.1, 0.15) is 6.34 Å². The first-order chi connectivity index (χ1) is 7.43. The van der Waals surface area contributed by atoms with E-state index in [1.807, 2.05) is 0 Å². The molecule has 0 saturated heterocycles. The highest BCUT2D eigenvalue weighted by Gasteiger charge is 2.19. The fraction of sp³-hybridized carbons (Fsp3) is 0.0769. The molecule has 1 heterocycles. The predicted molar refractivity (Wildman–Crippen MR) is 60.7 cm³/mol. The van der Waals surface area contributed by atoms with Crippen molar-refractivity contribution in [2.75, 3.05) is 0 Å². The van der Waals surface area contributed by atoms with Gasteiger partial charge in [0.2, 0.25) is 0 Å². The maximum atomic E-state index is 4.35. The number of hydrogen-bond acceptors (Lipinski definition) is 2. The van der Waals surface area contributed by atoms with E-state index >= 15 is 0 Å². The Morgan fingerprint density at radius 3 is 3.20 bits per heavy atom. The summed E-state index contributed by atoms with van der Waals surface area (Å²) in [4.78, 5) is 8.62. The van der Waals surface area contributed by atoms with E-state index in [4.69, 9.17) is 0 Å². The van der Waals surface area contributed by atoms with Crippen molar-refractivity contribution in [1.82, 2.24) is 0 Å². The summed E-state index contributed by atoms with van der Waals surface area (Å²) in [5.41, 5.74) is 5.04. The van der Waals surface area contributed by atoms with Crippen LogP contribution in [-0.4, -0.2) is 6.34 Å². The van der Waals surface area contributed by atoms with Gasteiger partial charge < -0.3 is 0 Å². The number of rotatable bonds is 0. The number of hydrogen-bond donors (Lipinski definition) is 0. The highest BCUT2D eigenvalue weighted by atomic mass is 14.9. The molecule has 0 unspecified atom stereocenters. The molecule has 70 valence electrons. The molecule has 0 amide bonds. The predicted octanol–water partition coefficient (Wildman–Crippen LogP) is 1.27. The van der Waals surface area contributed by atoms with Gasteiger partial charge in [0.15, 0.2) is 0 Å². The molecule has 1 aliphatic heterocycles. The van der Waals surface area contributed by atoms with Gasteiger partial charge in [0.25, 0.3) is 0 Å². The van der Waals surface area contributed by atoms with Gasteiger partial charge in [-0.1, -0.05) is 24.3 Å². The molecule has 0 radical (unpaired) electrons. The standard InChI is InChI=1S/C13H8N2/c1-2-8-4-5-9-6-11-13(15-7-14-11)10(3-1)12(8)9/h1-2,4-7H,3H2. The molecular formula is C13H8N2. The van der Waals surface area contributed by atoms with Gasteiger partial charge in [-0.3, -0.25) is 0 Å². The Morgan fingerprint density at radius 2 is 2.20 bits per heavy atom. The lowest BCUT2D eigenvalue weighted by Gasteiger charge is -2.12. The van der Waals surface area contributed by atoms with Gasteiger partial charge in [-0.05, 0) is 34.4 Å². The molecule has 2 aliphatic carbocycles. The Bertz CT molecular complexity index is 688. The molecule has 0 atom stereocenters. The van der Waals surface area contributed by atoms with Gasteiger partial charge >= 0.3 is 0 Å². The lowest BCUT2D eigenvalue weighted by Crippen LogP contribution is -2.20. The van der Waals surface area contributed by atoms with Crippen LogP contribution in [0, 0.1) is 0 Å². The van der Waals surface area contributed by atoms with Crippen LogP contribution in [-0.2, 0) is 6.42 Å². The van der Waals surface area contributed by atoms with Crippen molar-refractivity contribution < 1.29 is 0 Å². The number of benzene rings is 1. The number of fused-ring (bicyclic) bond motifs is 2. The Morgan fingerprint density at radius 1 is 1.20 bits per heavy atom. The summed E-state index contributed by atoms with van der Waals surface area (Å²) in [6.45, 7) is 0. The third kappa shape index (κ3) is 0.796. The summed E-state index contributed by atoms with van der Waals surface area (Å²) in [7, 11) is 0. The summed E-state index contributed by atoms with van der Waals surface area (Å²) in [5.74, 6) is 0. The highest BCUT2D eigenvalue weighted by Crippen LogP contribution is 2.26. The second-order valence-electron chi connectivity index (χ2n) is 3.96. The molecule has 4 rings (SSSR count). The van der Waals surface area contributed by atoms with Crippen molar-refractivity contribution in [3.05, 3.63) is 46.0 Å². The summed E-state index contributed by atoms with van der Waals surface area (Å²) in [5, 5.41) is 2.36. The zero-order valence-electron chi connectivity index (χ0n) is 8.07. The van der Waals surface area contributed by atoms with Crippen molar-refractivity contribution >= 4 is 23.7 Å². The zero-order chi connectivity index (χ0) is 9.83. The van der Waals surface area contributed by atoms with Gasteiger partial charge in [0, 0.05) is 0 Å². The molecule has 3 aliphatic rings. The minimum atomic E-state index is 0.976. The van der Waals surface area contributed by atoms with E-state index in [0.717, 1.165) is 17.5 Å². The molecule has 2 heteroatoms. The van der Waals surface area contributed by atoms with E-state index in [9.17, 15) is 0 Å². The second kappa shape index (κ2) is 2.34. The van der Waals surface area contributed by atoms with E-state index in [1.54, 1.807) is 6.34 Å². The molecule has 0 N–H and O–H groups in total. The number of aliphatic imine (C=N–C) groups is 1. The normalized spacial score (nSPS) is 18.0. The lowest BCUT2D eigenvalue weighted by atomic mass is 9.92. The molecule has 2 nitrogen and oxygen atoms in total. The quantitative estimate of drug-likeness (QED) is 0.591. The van der Waals surface area contributed by atoms with E-state index in [-0.39, 0.29) is 0 Å². The van der Waals surface area contributed by atoms with Crippen molar-refractivity contribution in [3.8, 4) is 0 Å².